The fourth-order valence-electron chi connectivity index (χ4n) is 2.21. The van der Waals surface area contributed by atoms with Crippen LogP contribution >= 0.6 is 0 Å². The minimum atomic E-state index is -0.707. The molecule has 0 bridgehead atoms. The number of terminal acetylenes is 1. The molecule has 1 aliphatic rings. The molecule has 72 valence electrons. The van der Waals surface area contributed by atoms with Crippen LogP contribution in [0, 0.1) is 23.7 Å². The van der Waals surface area contributed by atoms with E-state index in [9.17, 15) is 4.79 Å². The number of rotatable bonds is 3. The van der Waals surface area contributed by atoms with Crippen molar-refractivity contribution in [3.8, 4) is 12.3 Å². The smallest absolute Gasteiger partial charge is 0.310 e. The van der Waals surface area contributed by atoms with Gasteiger partial charge in [0.25, 0.3) is 0 Å². The van der Waals surface area contributed by atoms with E-state index in [1.165, 1.54) is 0 Å². The molecule has 0 heterocycles. The van der Waals surface area contributed by atoms with E-state index in [-0.39, 0.29) is 0 Å². The summed E-state index contributed by atoms with van der Waals surface area (Å²) >= 11 is 0. The van der Waals surface area contributed by atoms with Crippen molar-refractivity contribution < 1.29 is 9.90 Å². The van der Waals surface area contributed by atoms with Gasteiger partial charge in [-0.2, -0.15) is 0 Å². The highest BCUT2D eigenvalue weighted by molar-refractivity contribution is 5.75. The van der Waals surface area contributed by atoms with Crippen molar-refractivity contribution >= 4 is 5.97 Å². The quantitative estimate of drug-likeness (QED) is 0.676. The van der Waals surface area contributed by atoms with Crippen LogP contribution in [0.15, 0.2) is 0 Å². The van der Waals surface area contributed by atoms with Gasteiger partial charge in [-0.05, 0) is 25.2 Å². The first-order valence-electron chi connectivity index (χ1n) is 4.81. The third kappa shape index (κ3) is 1.85. The molecule has 0 saturated heterocycles. The van der Waals surface area contributed by atoms with Crippen molar-refractivity contribution in [3.05, 3.63) is 0 Å². The van der Waals surface area contributed by atoms with Gasteiger partial charge < -0.3 is 5.11 Å². The van der Waals surface area contributed by atoms with Gasteiger partial charge in [0.05, 0.1) is 5.41 Å². The van der Waals surface area contributed by atoms with Crippen molar-refractivity contribution in [1.29, 1.82) is 0 Å². The Balaban J connectivity index is 2.72. The van der Waals surface area contributed by atoms with E-state index in [4.69, 9.17) is 11.5 Å². The van der Waals surface area contributed by atoms with Crippen LogP contribution in [-0.2, 0) is 4.79 Å². The second-order valence-electron chi connectivity index (χ2n) is 3.98. The summed E-state index contributed by atoms with van der Waals surface area (Å²) in [5.74, 6) is 2.35. The van der Waals surface area contributed by atoms with Gasteiger partial charge in [0.2, 0.25) is 0 Å². The molecule has 0 amide bonds. The second-order valence-corrected chi connectivity index (χ2v) is 3.98. The number of carboxylic acids is 1. The lowest BCUT2D eigenvalue weighted by Gasteiger charge is -2.21. The monoisotopic (exact) mass is 180 g/mol. The van der Waals surface area contributed by atoms with Crippen molar-refractivity contribution in [3.63, 3.8) is 0 Å². The van der Waals surface area contributed by atoms with E-state index in [1.54, 1.807) is 0 Å². The molecule has 1 N–H and O–H groups in total. The Kier molecular flexibility index (Phi) is 2.98. The van der Waals surface area contributed by atoms with Crippen LogP contribution < -0.4 is 0 Å². The van der Waals surface area contributed by atoms with Gasteiger partial charge in [-0.15, -0.1) is 12.3 Å². The zero-order chi connectivity index (χ0) is 9.90. The normalized spacial score (nSPS) is 32.8. The van der Waals surface area contributed by atoms with Crippen LogP contribution in [0.25, 0.3) is 0 Å². The van der Waals surface area contributed by atoms with Gasteiger partial charge in [-0.3, -0.25) is 4.79 Å². The first-order chi connectivity index (χ1) is 6.14. The molecule has 2 atom stereocenters. The van der Waals surface area contributed by atoms with E-state index in [1.807, 2.05) is 0 Å². The Morgan fingerprint density at radius 2 is 2.46 bits per heavy atom. The van der Waals surface area contributed by atoms with Crippen LogP contribution in [0.4, 0.5) is 0 Å². The lowest BCUT2D eigenvalue weighted by Crippen LogP contribution is -2.27. The number of carboxylic acid groups (broad SMARTS) is 1. The summed E-state index contributed by atoms with van der Waals surface area (Å²) in [4.78, 5) is 11.1. The first kappa shape index (κ1) is 10.1. The third-order valence-corrected chi connectivity index (χ3v) is 3.18. The van der Waals surface area contributed by atoms with Gasteiger partial charge in [-0.1, -0.05) is 13.3 Å². The molecule has 1 rings (SSSR count). The maximum absolute atomic E-state index is 11.1. The molecule has 1 aliphatic carbocycles. The highest BCUT2D eigenvalue weighted by Crippen LogP contribution is 2.45. The number of carbonyl (C=O) groups is 1. The Morgan fingerprint density at radius 1 is 1.77 bits per heavy atom. The topological polar surface area (TPSA) is 37.3 Å². The van der Waals surface area contributed by atoms with E-state index < -0.39 is 11.4 Å². The molecule has 0 aromatic heterocycles. The Morgan fingerprint density at radius 3 is 2.85 bits per heavy atom. The highest BCUT2D eigenvalue weighted by atomic mass is 16.4. The predicted octanol–water partition coefficient (Wildman–Crippen LogP) is 2.29. The zero-order valence-electron chi connectivity index (χ0n) is 8.05. The van der Waals surface area contributed by atoms with Crippen LogP contribution in [0.5, 0.6) is 0 Å². The van der Waals surface area contributed by atoms with Crippen molar-refractivity contribution in [2.75, 3.05) is 0 Å². The molecule has 2 heteroatoms. The molecule has 2 nitrogen and oxygen atoms in total. The maximum atomic E-state index is 11.1. The highest BCUT2D eigenvalue weighted by Gasteiger charge is 2.44. The molecule has 0 aliphatic heterocycles. The van der Waals surface area contributed by atoms with Crippen molar-refractivity contribution in [2.45, 2.75) is 39.0 Å². The summed E-state index contributed by atoms with van der Waals surface area (Å²) in [5.41, 5.74) is -0.602. The molecule has 0 aromatic rings. The largest absolute Gasteiger partial charge is 0.481 e. The number of hydrogen-bond acceptors (Lipinski definition) is 1. The Bertz CT molecular complexity index is 239. The molecule has 13 heavy (non-hydrogen) atoms. The van der Waals surface area contributed by atoms with Crippen LogP contribution in [0.1, 0.15) is 39.0 Å². The van der Waals surface area contributed by atoms with E-state index in [0.29, 0.717) is 12.3 Å². The van der Waals surface area contributed by atoms with Crippen molar-refractivity contribution in [1.82, 2.24) is 0 Å². The van der Waals surface area contributed by atoms with Gasteiger partial charge >= 0.3 is 5.97 Å². The number of aliphatic carboxylic acids is 1. The Hall–Kier alpha value is -0.970. The molecule has 0 spiro atoms. The Labute approximate surface area is 79.3 Å². The SMILES string of the molecule is C#CCC1(C(=O)O)CCC(CC)C1. The summed E-state index contributed by atoms with van der Waals surface area (Å²) in [5, 5.41) is 9.11. The van der Waals surface area contributed by atoms with Gasteiger partial charge in [-0.25, -0.2) is 0 Å². The first-order valence-corrected chi connectivity index (χ1v) is 4.81. The third-order valence-electron chi connectivity index (χ3n) is 3.18. The van der Waals surface area contributed by atoms with Crippen LogP contribution in [-0.4, -0.2) is 11.1 Å². The molecule has 1 fully saturated rings. The molecular formula is C11H16O2. The average Bonchev–Trinajstić information content (AvgIpc) is 2.50. The van der Waals surface area contributed by atoms with Gasteiger partial charge in [0.15, 0.2) is 0 Å². The van der Waals surface area contributed by atoms with E-state index in [2.05, 4.69) is 12.8 Å². The minimum Gasteiger partial charge on any atom is -0.481 e. The summed E-state index contributed by atoms with van der Waals surface area (Å²) < 4.78 is 0. The molecule has 2 unspecified atom stereocenters. The zero-order valence-corrected chi connectivity index (χ0v) is 8.05. The maximum Gasteiger partial charge on any atom is 0.310 e. The lowest BCUT2D eigenvalue weighted by molar-refractivity contribution is -0.148. The summed E-state index contributed by atoms with van der Waals surface area (Å²) in [6.45, 7) is 2.11. The molecular weight excluding hydrogens is 164 g/mol. The second kappa shape index (κ2) is 3.83. The van der Waals surface area contributed by atoms with Gasteiger partial charge in [0, 0.05) is 6.42 Å². The fraction of sp³-hybridized carbons (Fsp3) is 0.727. The van der Waals surface area contributed by atoms with Crippen LogP contribution in [0.3, 0.4) is 0 Å². The van der Waals surface area contributed by atoms with E-state index in [0.717, 1.165) is 25.7 Å². The van der Waals surface area contributed by atoms with Crippen molar-refractivity contribution in [2.24, 2.45) is 11.3 Å². The predicted molar refractivity (Wildman–Crippen MR) is 51.2 cm³/mol. The number of hydrogen-bond donors (Lipinski definition) is 1. The van der Waals surface area contributed by atoms with Crippen LogP contribution in [0.2, 0.25) is 0 Å². The summed E-state index contributed by atoms with van der Waals surface area (Å²) in [6.07, 6.45) is 9.20. The molecule has 1 saturated carbocycles. The lowest BCUT2D eigenvalue weighted by atomic mass is 9.82. The summed E-state index contributed by atoms with van der Waals surface area (Å²) in [6, 6.07) is 0. The fourth-order valence-corrected chi connectivity index (χ4v) is 2.21. The van der Waals surface area contributed by atoms with E-state index >= 15 is 0 Å². The summed E-state index contributed by atoms with van der Waals surface area (Å²) in [7, 11) is 0. The molecule has 0 aromatic carbocycles. The molecule has 0 radical (unpaired) electrons. The standard InChI is InChI=1S/C11H16O2/c1-3-6-11(10(12)13)7-5-9(4-2)8-11/h1,9H,4-8H2,2H3,(H,12,13). The van der Waals surface area contributed by atoms with Gasteiger partial charge in [0.1, 0.15) is 0 Å². The minimum absolute atomic E-state index is 0.388. The average molecular weight is 180 g/mol.